The second-order valence-corrected chi connectivity index (χ2v) is 10.7. The highest BCUT2D eigenvalue weighted by atomic mass is 16.2. The SMILES string of the molecule is CC(NC(=O)C(=O)Nc1ccccc1C(C)(C)C)C12CC3CC(CC(C3)C1)C2. The Labute approximate surface area is 168 Å². The molecule has 1 unspecified atom stereocenters. The molecule has 4 bridgehead atoms. The molecule has 5 rings (SSSR count). The Morgan fingerprint density at radius 1 is 0.964 bits per heavy atom. The van der Waals surface area contributed by atoms with Crippen molar-refractivity contribution in [3.05, 3.63) is 29.8 Å². The van der Waals surface area contributed by atoms with Crippen molar-refractivity contribution in [3.8, 4) is 0 Å². The van der Waals surface area contributed by atoms with Crippen molar-refractivity contribution in [1.82, 2.24) is 5.32 Å². The van der Waals surface area contributed by atoms with Gasteiger partial charge in [0.2, 0.25) is 0 Å². The van der Waals surface area contributed by atoms with E-state index in [0.29, 0.717) is 0 Å². The summed E-state index contributed by atoms with van der Waals surface area (Å²) >= 11 is 0. The summed E-state index contributed by atoms with van der Waals surface area (Å²) < 4.78 is 0. The minimum Gasteiger partial charge on any atom is -0.345 e. The molecule has 152 valence electrons. The van der Waals surface area contributed by atoms with Crippen LogP contribution in [-0.2, 0) is 15.0 Å². The molecule has 1 aromatic rings. The van der Waals surface area contributed by atoms with Crippen molar-refractivity contribution in [2.75, 3.05) is 5.32 Å². The van der Waals surface area contributed by atoms with Gasteiger partial charge in [-0.2, -0.15) is 0 Å². The van der Waals surface area contributed by atoms with E-state index in [1.165, 1.54) is 38.5 Å². The van der Waals surface area contributed by atoms with Gasteiger partial charge in [0.05, 0.1) is 0 Å². The zero-order valence-corrected chi connectivity index (χ0v) is 17.7. The van der Waals surface area contributed by atoms with Gasteiger partial charge in [0.1, 0.15) is 0 Å². The van der Waals surface area contributed by atoms with Crippen LogP contribution in [0.25, 0.3) is 0 Å². The molecular formula is C24H34N2O2. The molecule has 0 heterocycles. The van der Waals surface area contributed by atoms with Crippen molar-refractivity contribution in [2.24, 2.45) is 23.2 Å². The van der Waals surface area contributed by atoms with Gasteiger partial charge in [-0.15, -0.1) is 0 Å². The molecule has 2 N–H and O–H groups in total. The first-order chi connectivity index (χ1) is 13.2. The van der Waals surface area contributed by atoms with Crippen LogP contribution in [0.5, 0.6) is 0 Å². The zero-order chi connectivity index (χ0) is 20.1. The second kappa shape index (κ2) is 6.89. The van der Waals surface area contributed by atoms with E-state index in [0.717, 1.165) is 29.0 Å². The molecule has 0 aliphatic heterocycles. The van der Waals surface area contributed by atoms with Crippen LogP contribution in [0, 0.1) is 23.2 Å². The van der Waals surface area contributed by atoms with Gasteiger partial charge in [0, 0.05) is 11.7 Å². The van der Waals surface area contributed by atoms with E-state index >= 15 is 0 Å². The number of nitrogens with one attached hydrogen (secondary N) is 2. The molecule has 4 nitrogen and oxygen atoms in total. The predicted molar refractivity (Wildman–Crippen MR) is 112 cm³/mol. The first-order valence-corrected chi connectivity index (χ1v) is 10.9. The lowest BCUT2D eigenvalue weighted by atomic mass is 9.48. The minimum absolute atomic E-state index is 0.0528. The van der Waals surface area contributed by atoms with Gasteiger partial charge < -0.3 is 10.6 Å². The molecule has 0 radical (unpaired) electrons. The quantitative estimate of drug-likeness (QED) is 0.748. The third-order valence-corrected chi connectivity index (χ3v) is 7.54. The normalized spacial score (nSPS) is 32.1. The largest absolute Gasteiger partial charge is 0.345 e. The summed E-state index contributed by atoms with van der Waals surface area (Å²) in [6.45, 7) is 8.43. The maximum atomic E-state index is 12.7. The zero-order valence-electron chi connectivity index (χ0n) is 17.7. The van der Waals surface area contributed by atoms with Crippen molar-refractivity contribution >= 4 is 17.5 Å². The first-order valence-electron chi connectivity index (χ1n) is 10.9. The topological polar surface area (TPSA) is 58.2 Å². The predicted octanol–water partition coefficient (Wildman–Crippen LogP) is 4.64. The summed E-state index contributed by atoms with van der Waals surface area (Å²) in [4.78, 5) is 25.3. The van der Waals surface area contributed by atoms with E-state index in [1.807, 2.05) is 24.3 Å². The lowest BCUT2D eigenvalue weighted by Gasteiger charge is -2.59. The Morgan fingerprint density at radius 2 is 1.50 bits per heavy atom. The highest BCUT2D eigenvalue weighted by molar-refractivity contribution is 6.39. The van der Waals surface area contributed by atoms with Gasteiger partial charge in [-0.05, 0) is 85.7 Å². The molecule has 1 aromatic carbocycles. The van der Waals surface area contributed by atoms with Gasteiger partial charge in [-0.25, -0.2) is 0 Å². The Hall–Kier alpha value is -1.84. The smallest absolute Gasteiger partial charge is 0.313 e. The van der Waals surface area contributed by atoms with Gasteiger partial charge in [-0.1, -0.05) is 39.0 Å². The van der Waals surface area contributed by atoms with Crippen LogP contribution in [0.4, 0.5) is 5.69 Å². The highest BCUT2D eigenvalue weighted by Gasteiger charge is 2.53. The van der Waals surface area contributed by atoms with Gasteiger partial charge in [0.25, 0.3) is 0 Å². The number of benzene rings is 1. The first kappa shape index (κ1) is 19.5. The molecule has 2 amide bonds. The lowest BCUT2D eigenvalue weighted by Crippen LogP contribution is -2.57. The van der Waals surface area contributed by atoms with E-state index in [-0.39, 0.29) is 16.9 Å². The molecule has 4 saturated carbocycles. The van der Waals surface area contributed by atoms with E-state index in [4.69, 9.17) is 0 Å². The maximum Gasteiger partial charge on any atom is 0.313 e. The average Bonchev–Trinajstić information content (AvgIpc) is 2.60. The molecule has 4 fully saturated rings. The van der Waals surface area contributed by atoms with Crippen molar-refractivity contribution < 1.29 is 9.59 Å². The number of hydrogen-bond donors (Lipinski definition) is 2. The highest BCUT2D eigenvalue weighted by Crippen LogP contribution is 2.61. The summed E-state index contributed by atoms with van der Waals surface area (Å²) in [5, 5.41) is 5.91. The summed E-state index contributed by atoms with van der Waals surface area (Å²) in [5.74, 6) is 1.43. The van der Waals surface area contributed by atoms with E-state index in [9.17, 15) is 9.59 Å². The summed E-state index contributed by atoms with van der Waals surface area (Å²) in [6, 6.07) is 7.78. The molecule has 0 aromatic heterocycles. The van der Waals surface area contributed by atoms with Crippen LogP contribution in [0.1, 0.15) is 71.8 Å². The van der Waals surface area contributed by atoms with E-state index in [2.05, 4.69) is 38.3 Å². The lowest BCUT2D eigenvalue weighted by molar-refractivity contribution is -0.138. The van der Waals surface area contributed by atoms with Crippen LogP contribution in [-0.4, -0.2) is 17.9 Å². The number of rotatable bonds is 3. The van der Waals surface area contributed by atoms with E-state index < -0.39 is 11.8 Å². The van der Waals surface area contributed by atoms with Crippen molar-refractivity contribution in [2.45, 2.75) is 77.7 Å². The molecule has 28 heavy (non-hydrogen) atoms. The van der Waals surface area contributed by atoms with Crippen LogP contribution in [0.15, 0.2) is 24.3 Å². The van der Waals surface area contributed by atoms with Crippen LogP contribution in [0.3, 0.4) is 0 Å². The summed E-state index contributed by atoms with van der Waals surface area (Å²) in [6.07, 6.45) is 7.79. The summed E-state index contributed by atoms with van der Waals surface area (Å²) in [7, 11) is 0. The Kier molecular flexibility index (Phi) is 4.79. The second-order valence-electron chi connectivity index (χ2n) is 10.7. The monoisotopic (exact) mass is 382 g/mol. The number of para-hydroxylation sites is 1. The van der Waals surface area contributed by atoms with Gasteiger partial charge in [0.15, 0.2) is 0 Å². The van der Waals surface area contributed by atoms with Crippen LogP contribution in [0.2, 0.25) is 0 Å². The van der Waals surface area contributed by atoms with E-state index in [1.54, 1.807) is 0 Å². The minimum atomic E-state index is -0.562. The third kappa shape index (κ3) is 3.58. The summed E-state index contributed by atoms with van der Waals surface area (Å²) in [5.41, 5.74) is 1.85. The fourth-order valence-corrected chi connectivity index (χ4v) is 6.55. The van der Waals surface area contributed by atoms with Crippen molar-refractivity contribution in [1.29, 1.82) is 0 Å². The van der Waals surface area contributed by atoms with Crippen LogP contribution < -0.4 is 10.6 Å². The average molecular weight is 383 g/mol. The Morgan fingerprint density at radius 3 is 2.04 bits per heavy atom. The number of carbonyl (C=O) groups excluding carboxylic acids is 2. The van der Waals surface area contributed by atoms with Crippen molar-refractivity contribution in [3.63, 3.8) is 0 Å². The third-order valence-electron chi connectivity index (χ3n) is 7.54. The molecule has 4 aliphatic rings. The number of amides is 2. The Balaban J connectivity index is 1.42. The fourth-order valence-electron chi connectivity index (χ4n) is 6.55. The standard InChI is InChI=1S/C24H34N2O2/c1-15(24-12-16-9-17(13-24)11-18(10-16)14-24)25-21(27)22(28)26-20-8-6-5-7-19(20)23(2,3)4/h5-8,15-18H,9-14H2,1-4H3,(H,25,27)(H,26,28). The van der Waals surface area contributed by atoms with Gasteiger partial charge >= 0.3 is 11.8 Å². The maximum absolute atomic E-state index is 12.7. The fraction of sp³-hybridized carbons (Fsp3) is 0.667. The number of anilines is 1. The molecule has 4 aliphatic carbocycles. The van der Waals surface area contributed by atoms with Crippen LogP contribution >= 0.6 is 0 Å². The molecular weight excluding hydrogens is 348 g/mol. The molecule has 0 spiro atoms. The van der Waals surface area contributed by atoms with Gasteiger partial charge in [-0.3, -0.25) is 9.59 Å². The number of carbonyl (C=O) groups is 2. The Bertz CT molecular complexity index is 742. The number of hydrogen-bond acceptors (Lipinski definition) is 2. The molecule has 0 saturated heterocycles. The molecule has 4 heteroatoms. The molecule has 1 atom stereocenters.